The first-order valence-corrected chi connectivity index (χ1v) is 9.72. The molecule has 5 rings (SSSR count). The van der Waals surface area contributed by atoms with E-state index >= 15 is 0 Å². The van der Waals surface area contributed by atoms with Gasteiger partial charge in [0.1, 0.15) is 11.3 Å². The summed E-state index contributed by atoms with van der Waals surface area (Å²) in [4.78, 5) is 40.2. The summed E-state index contributed by atoms with van der Waals surface area (Å²) in [7, 11) is 1.40. The van der Waals surface area contributed by atoms with Crippen LogP contribution in [0.25, 0.3) is 0 Å². The van der Waals surface area contributed by atoms with Gasteiger partial charge in [0.2, 0.25) is 6.41 Å². The van der Waals surface area contributed by atoms with Crippen molar-refractivity contribution in [1.82, 2.24) is 4.90 Å². The Morgan fingerprint density at radius 1 is 1.26 bits per heavy atom. The number of Topliss-reactive ketones (excluding diaryl/α,β-unsaturated/α-hetero) is 1. The average Bonchev–Trinajstić information content (AvgIpc) is 2.96. The van der Waals surface area contributed by atoms with Crippen LogP contribution in [0.15, 0.2) is 24.3 Å². The predicted molar refractivity (Wildman–Crippen MR) is 98.2 cm³/mol. The van der Waals surface area contributed by atoms with Gasteiger partial charge in [-0.2, -0.15) is 0 Å². The van der Waals surface area contributed by atoms with Gasteiger partial charge in [0, 0.05) is 25.1 Å². The highest BCUT2D eigenvalue weighted by atomic mass is 16.5. The third-order valence-electron chi connectivity index (χ3n) is 7.68. The number of ketones is 1. The molecule has 1 spiro atoms. The Balaban J connectivity index is 1.84. The molecule has 142 valence electrons. The van der Waals surface area contributed by atoms with E-state index in [0.29, 0.717) is 19.4 Å². The highest BCUT2D eigenvalue weighted by molar-refractivity contribution is 5.96. The second-order valence-corrected chi connectivity index (χ2v) is 8.64. The molecule has 0 aromatic heterocycles. The van der Waals surface area contributed by atoms with Gasteiger partial charge in [0.15, 0.2) is 0 Å². The van der Waals surface area contributed by atoms with Crippen LogP contribution in [-0.4, -0.2) is 48.3 Å². The van der Waals surface area contributed by atoms with Gasteiger partial charge in [-0.1, -0.05) is 18.2 Å². The van der Waals surface area contributed by atoms with Gasteiger partial charge in [0.25, 0.3) is 0 Å². The monoisotopic (exact) mass is 368 g/mol. The molecule has 1 N–H and O–H groups in total. The Labute approximate surface area is 158 Å². The molecule has 1 aromatic carbocycles. The van der Waals surface area contributed by atoms with Gasteiger partial charge in [-0.15, -0.1) is 0 Å². The third kappa shape index (κ3) is 1.79. The van der Waals surface area contributed by atoms with E-state index in [1.807, 2.05) is 29.2 Å². The minimum atomic E-state index is -1.01. The summed E-state index contributed by atoms with van der Waals surface area (Å²) < 4.78 is 5.27. The van der Waals surface area contributed by atoms with Crippen LogP contribution in [0.3, 0.4) is 0 Å². The number of rotatable bonds is 2. The molecule has 6 heteroatoms. The molecular formula is C21H24N2O4. The number of fused-ring (bicyclic) bond motifs is 1. The zero-order valence-electron chi connectivity index (χ0n) is 15.5. The third-order valence-corrected chi connectivity index (χ3v) is 7.68. The first-order chi connectivity index (χ1) is 13.0. The van der Waals surface area contributed by atoms with Crippen LogP contribution in [0.4, 0.5) is 5.69 Å². The van der Waals surface area contributed by atoms with Crippen LogP contribution < -0.4 is 5.32 Å². The lowest BCUT2D eigenvalue weighted by Crippen LogP contribution is -2.77. The van der Waals surface area contributed by atoms with Crippen molar-refractivity contribution in [3.63, 3.8) is 0 Å². The summed E-state index contributed by atoms with van der Waals surface area (Å²) in [6, 6.07) is 7.69. The van der Waals surface area contributed by atoms with Crippen molar-refractivity contribution in [3.05, 3.63) is 29.8 Å². The molecule has 1 aromatic rings. The number of amides is 1. The lowest BCUT2D eigenvalue weighted by molar-refractivity contribution is -0.173. The van der Waals surface area contributed by atoms with E-state index in [2.05, 4.69) is 5.32 Å². The largest absolute Gasteiger partial charge is 0.467 e. The zero-order valence-corrected chi connectivity index (χ0v) is 15.5. The Kier molecular flexibility index (Phi) is 3.31. The Morgan fingerprint density at radius 3 is 2.85 bits per heavy atom. The fourth-order valence-electron chi connectivity index (χ4n) is 6.96. The standard InChI is InChI=1S/C21H24N2O4/c1-27-18(26)21-9-8-19-7-4-10-23(13-24)17(19)20(21,12-14(25)11-19)15-5-2-3-6-16(15)22-21/h2-3,5-6,13,17,22H,4,7-12H2,1H3/t17-,19+,20-,21+/m0/s1. The van der Waals surface area contributed by atoms with Crippen molar-refractivity contribution in [2.75, 3.05) is 19.0 Å². The van der Waals surface area contributed by atoms with Crippen molar-refractivity contribution in [3.8, 4) is 0 Å². The normalized spacial score (nSPS) is 38.9. The van der Waals surface area contributed by atoms with Crippen molar-refractivity contribution in [2.24, 2.45) is 5.41 Å². The number of nitrogens with zero attached hydrogens (tertiary/aromatic N) is 1. The molecule has 27 heavy (non-hydrogen) atoms. The van der Waals surface area contributed by atoms with Gasteiger partial charge in [-0.05, 0) is 42.7 Å². The smallest absolute Gasteiger partial charge is 0.332 e. The lowest BCUT2D eigenvalue weighted by atomic mass is 9.42. The van der Waals surface area contributed by atoms with Gasteiger partial charge in [0.05, 0.1) is 18.6 Å². The summed E-state index contributed by atoms with van der Waals surface area (Å²) in [5.74, 6) is -0.149. The van der Waals surface area contributed by atoms with Crippen molar-refractivity contribution >= 4 is 23.9 Å². The first-order valence-electron chi connectivity index (χ1n) is 9.72. The maximum Gasteiger partial charge on any atom is 0.332 e. The topological polar surface area (TPSA) is 75.7 Å². The maximum absolute atomic E-state index is 13.2. The summed E-state index contributed by atoms with van der Waals surface area (Å²) in [6.07, 6.45) is 4.88. The Hall–Kier alpha value is -2.37. The highest BCUT2D eigenvalue weighted by Crippen LogP contribution is 2.67. The number of carbonyl (C=O) groups is 3. The van der Waals surface area contributed by atoms with E-state index in [1.54, 1.807) is 0 Å². The van der Waals surface area contributed by atoms with Crippen molar-refractivity contribution < 1.29 is 19.1 Å². The quantitative estimate of drug-likeness (QED) is 0.639. The zero-order chi connectivity index (χ0) is 18.9. The molecule has 0 unspecified atom stereocenters. The number of methoxy groups -OCH3 is 1. The minimum absolute atomic E-state index is 0.169. The summed E-state index contributed by atoms with van der Waals surface area (Å²) in [5.41, 5.74) is -0.165. The van der Waals surface area contributed by atoms with Crippen molar-refractivity contribution in [1.29, 1.82) is 0 Å². The second kappa shape index (κ2) is 5.33. The number of hydrogen-bond acceptors (Lipinski definition) is 5. The molecule has 2 aliphatic carbocycles. The van der Waals surface area contributed by atoms with E-state index in [0.717, 1.165) is 36.9 Å². The molecule has 1 amide bonds. The Morgan fingerprint density at radius 2 is 2.07 bits per heavy atom. The summed E-state index contributed by atoms with van der Waals surface area (Å²) in [6.45, 7) is 0.672. The van der Waals surface area contributed by atoms with Crippen LogP contribution in [-0.2, 0) is 24.5 Å². The van der Waals surface area contributed by atoms with Crippen LogP contribution in [0, 0.1) is 5.41 Å². The number of anilines is 1. The second-order valence-electron chi connectivity index (χ2n) is 8.64. The molecule has 6 nitrogen and oxygen atoms in total. The number of nitrogens with one attached hydrogen (secondary N) is 1. The maximum atomic E-state index is 13.2. The molecule has 2 aliphatic heterocycles. The molecule has 0 radical (unpaired) electrons. The highest BCUT2D eigenvalue weighted by Gasteiger charge is 2.76. The molecule has 2 heterocycles. The molecular weight excluding hydrogens is 344 g/mol. The number of carbonyl (C=O) groups excluding carboxylic acids is 3. The van der Waals surface area contributed by atoms with E-state index in [4.69, 9.17) is 4.74 Å². The number of likely N-dealkylation sites (tertiary alicyclic amines) is 1. The van der Waals surface area contributed by atoms with Gasteiger partial charge < -0.3 is 15.0 Å². The number of esters is 1. The van der Waals surface area contributed by atoms with E-state index in [1.165, 1.54) is 7.11 Å². The Bertz CT molecular complexity index is 854. The molecule has 2 bridgehead atoms. The average molecular weight is 368 g/mol. The SMILES string of the molecule is COC(=O)[C@]12CC[C@@]34CCCN(C=O)[C@@H]3[C@]1(CC(=O)C4)c1ccccc1N2. The lowest BCUT2D eigenvalue weighted by Gasteiger charge is -2.66. The molecule has 2 saturated carbocycles. The first kappa shape index (κ1) is 16.8. The number of piperidine rings is 1. The number of ether oxygens (including phenoxy) is 1. The molecule has 4 aliphatic rings. The predicted octanol–water partition coefficient (Wildman–Crippen LogP) is 2.03. The number of hydrogen-bond donors (Lipinski definition) is 1. The molecule has 1 saturated heterocycles. The number of benzene rings is 1. The summed E-state index contributed by atoms with van der Waals surface area (Å²) >= 11 is 0. The fraction of sp³-hybridized carbons (Fsp3) is 0.571. The van der Waals surface area contributed by atoms with E-state index in [9.17, 15) is 14.4 Å². The van der Waals surface area contributed by atoms with Crippen LogP contribution in [0.1, 0.15) is 44.1 Å². The number of para-hydroxylation sites is 1. The van der Waals surface area contributed by atoms with Gasteiger partial charge in [-0.25, -0.2) is 4.79 Å². The summed E-state index contributed by atoms with van der Waals surface area (Å²) in [5, 5.41) is 3.47. The van der Waals surface area contributed by atoms with Crippen LogP contribution >= 0.6 is 0 Å². The molecule has 3 fully saturated rings. The molecule has 4 atom stereocenters. The van der Waals surface area contributed by atoms with Gasteiger partial charge in [-0.3, -0.25) is 9.59 Å². The van der Waals surface area contributed by atoms with Crippen molar-refractivity contribution in [2.45, 2.75) is 55.5 Å². The minimum Gasteiger partial charge on any atom is -0.467 e. The van der Waals surface area contributed by atoms with Crippen LogP contribution in [0.2, 0.25) is 0 Å². The van der Waals surface area contributed by atoms with Gasteiger partial charge >= 0.3 is 5.97 Å². The van der Waals surface area contributed by atoms with E-state index < -0.39 is 11.0 Å². The van der Waals surface area contributed by atoms with Crippen LogP contribution in [0.5, 0.6) is 0 Å². The van der Waals surface area contributed by atoms with E-state index in [-0.39, 0.29) is 29.6 Å². The fourth-order valence-corrected chi connectivity index (χ4v) is 6.96.